The van der Waals surface area contributed by atoms with Gasteiger partial charge in [0.25, 0.3) is 0 Å². The topological polar surface area (TPSA) is 74.9 Å². The van der Waals surface area contributed by atoms with Crippen molar-refractivity contribution in [3.63, 3.8) is 0 Å². The summed E-state index contributed by atoms with van der Waals surface area (Å²) in [5.41, 5.74) is 3.96. The van der Waals surface area contributed by atoms with E-state index >= 15 is 0 Å². The maximum Gasteiger partial charge on any atom is 0.246 e. The number of amides is 2. The van der Waals surface area contributed by atoms with Gasteiger partial charge in [0.1, 0.15) is 17.8 Å². The van der Waals surface area contributed by atoms with Crippen LogP contribution in [0.4, 0.5) is 0 Å². The number of methoxy groups -OCH3 is 1. The highest BCUT2D eigenvalue weighted by Crippen LogP contribution is 2.44. The first-order valence-corrected chi connectivity index (χ1v) is 11.6. The number of H-pyrrole nitrogens is 1. The summed E-state index contributed by atoms with van der Waals surface area (Å²) < 4.78 is 11.4. The van der Waals surface area contributed by atoms with Crippen LogP contribution >= 0.6 is 0 Å². The molecule has 2 saturated heterocycles. The van der Waals surface area contributed by atoms with Crippen molar-refractivity contribution in [1.82, 2.24) is 14.8 Å². The Morgan fingerprint density at radius 1 is 1.12 bits per heavy atom. The van der Waals surface area contributed by atoms with Crippen LogP contribution in [0.25, 0.3) is 10.9 Å². The molecule has 0 saturated carbocycles. The molecule has 33 heavy (non-hydrogen) atoms. The van der Waals surface area contributed by atoms with Gasteiger partial charge in [-0.2, -0.15) is 0 Å². The number of piperazine rings is 1. The minimum atomic E-state index is -0.547. The zero-order chi connectivity index (χ0) is 22.5. The number of carbonyl (C=O) groups is 2. The van der Waals surface area contributed by atoms with Crippen LogP contribution in [0.1, 0.15) is 35.7 Å². The monoisotopic (exact) mass is 445 g/mol. The molecule has 1 N–H and O–H groups in total. The average Bonchev–Trinajstić information content (AvgIpc) is 3.48. The Hall–Kier alpha value is -3.32. The minimum absolute atomic E-state index is 0.000860. The SMILES string of the molecule is COc1ccccc1[C@H]1c2[nH]c3ccccc3c2C[C@H]2C(=O)N(C[C@@H]3CCCO3)CC(=O)N12. The summed E-state index contributed by atoms with van der Waals surface area (Å²) in [6.07, 6.45) is 2.45. The number of fused-ring (bicyclic) bond motifs is 4. The number of rotatable bonds is 4. The van der Waals surface area contributed by atoms with E-state index in [2.05, 4.69) is 11.1 Å². The van der Waals surface area contributed by atoms with Crippen LogP contribution in [0.15, 0.2) is 48.5 Å². The number of nitrogens with one attached hydrogen (secondary N) is 1. The third-order valence-corrected chi connectivity index (χ3v) is 7.22. The van der Waals surface area contributed by atoms with Crippen LogP contribution < -0.4 is 4.74 Å². The van der Waals surface area contributed by atoms with Crippen LogP contribution in [-0.4, -0.2) is 65.6 Å². The summed E-state index contributed by atoms with van der Waals surface area (Å²) in [6, 6.07) is 14.9. The molecule has 6 rings (SSSR count). The summed E-state index contributed by atoms with van der Waals surface area (Å²) in [5.74, 6) is 0.661. The van der Waals surface area contributed by atoms with Crippen LogP contribution in [-0.2, 0) is 20.7 Å². The Morgan fingerprint density at radius 2 is 1.94 bits per heavy atom. The van der Waals surface area contributed by atoms with Gasteiger partial charge in [-0.25, -0.2) is 0 Å². The fourth-order valence-electron chi connectivity index (χ4n) is 5.73. The lowest BCUT2D eigenvalue weighted by Crippen LogP contribution is -2.63. The maximum atomic E-state index is 13.7. The van der Waals surface area contributed by atoms with Crippen molar-refractivity contribution in [2.24, 2.45) is 0 Å². The zero-order valence-electron chi connectivity index (χ0n) is 18.6. The van der Waals surface area contributed by atoms with E-state index in [0.717, 1.165) is 47.2 Å². The first kappa shape index (κ1) is 20.3. The highest BCUT2D eigenvalue weighted by atomic mass is 16.5. The van der Waals surface area contributed by atoms with E-state index in [1.54, 1.807) is 16.9 Å². The van der Waals surface area contributed by atoms with E-state index in [9.17, 15) is 9.59 Å². The van der Waals surface area contributed by atoms with Gasteiger partial charge < -0.3 is 24.3 Å². The van der Waals surface area contributed by atoms with Crippen LogP contribution in [0.3, 0.4) is 0 Å². The number of aromatic amines is 1. The summed E-state index contributed by atoms with van der Waals surface area (Å²) in [6.45, 7) is 1.29. The molecule has 1 aromatic heterocycles. The molecule has 7 nitrogen and oxygen atoms in total. The molecule has 0 spiro atoms. The predicted octanol–water partition coefficient (Wildman–Crippen LogP) is 3.04. The molecule has 2 aromatic carbocycles. The first-order chi connectivity index (χ1) is 16.2. The third kappa shape index (κ3) is 3.22. The molecule has 0 bridgehead atoms. The largest absolute Gasteiger partial charge is 0.496 e. The van der Waals surface area contributed by atoms with Gasteiger partial charge in [0.2, 0.25) is 11.8 Å². The third-order valence-electron chi connectivity index (χ3n) is 7.22. The van der Waals surface area contributed by atoms with Crippen molar-refractivity contribution in [2.75, 3.05) is 26.8 Å². The number of benzene rings is 2. The molecule has 2 amide bonds. The number of para-hydroxylation sites is 2. The number of aromatic nitrogens is 1. The standard InChI is InChI=1S/C26H27N3O4/c1-32-22-11-5-3-9-18(22)25-24-19(17-8-2-4-10-20(17)27-24)13-21-26(31)28(15-23(30)29(21)25)14-16-7-6-12-33-16/h2-5,8-11,16,21,25,27H,6-7,12-15H2,1H3/t16-,21-,25-/m0/s1. The maximum absolute atomic E-state index is 13.7. The molecule has 3 aromatic rings. The lowest BCUT2D eigenvalue weighted by molar-refractivity contribution is -0.160. The van der Waals surface area contributed by atoms with E-state index in [0.29, 0.717) is 18.7 Å². The minimum Gasteiger partial charge on any atom is -0.496 e. The molecule has 0 radical (unpaired) electrons. The van der Waals surface area contributed by atoms with E-state index in [1.165, 1.54) is 0 Å². The van der Waals surface area contributed by atoms with Crippen LogP contribution in [0, 0.1) is 0 Å². The summed E-state index contributed by atoms with van der Waals surface area (Å²) in [5, 5.41) is 1.10. The normalized spacial score (nSPS) is 24.8. The van der Waals surface area contributed by atoms with Gasteiger partial charge in [-0.3, -0.25) is 9.59 Å². The van der Waals surface area contributed by atoms with Crippen LogP contribution in [0.2, 0.25) is 0 Å². The smallest absolute Gasteiger partial charge is 0.246 e. The van der Waals surface area contributed by atoms with Gasteiger partial charge in [0.15, 0.2) is 0 Å². The highest BCUT2D eigenvalue weighted by Gasteiger charge is 2.49. The molecule has 2 fully saturated rings. The van der Waals surface area contributed by atoms with E-state index < -0.39 is 12.1 Å². The second kappa shape index (κ2) is 7.92. The van der Waals surface area contributed by atoms with Gasteiger partial charge in [-0.1, -0.05) is 36.4 Å². The van der Waals surface area contributed by atoms with Gasteiger partial charge in [-0.15, -0.1) is 0 Å². The van der Waals surface area contributed by atoms with Crippen LogP contribution in [0.5, 0.6) is 5.75 Å². The van der Waals surface area contributed by atoms with Crippen molar-refractivity contribution >= 4 is 22.7 Å². The number of hydrogen-bond acceptors (Lipinski definition) is 4. The molecule has 3 aliphatic rings. The fraction of sp³-hybridized carbons (Fsp3) is 0.385. The van der Waals surface area contributed by atoms with Crippen molar-refractivity contribution < 1.29 is 19.1 Å². The van der Waals surface area contributed by atoms with Crippen molar-refractivity contribution in [3.05, 3.63) is 65.4 Å². The molecular formula is C26H27N3O4. The second-order valence-electron chi connectivity index (χ2n) is 9.08. The highest BCUT2D eigenvalue weighted by molar-refractivity contribution is 5.97. The van der Waals surface area contributed by atoms with E-state index in [-0.39, 0.29) is 24.5 Å². The fourth-order valence-corrected chi connectivity index (χ4v) is 5.73. The quantitative estimate of drug-likeness (QED) is 0.670. The number of carbonyl (C=O) groups excluding carboxylic acids is 2. The lowest BCUT2D eigenvalue weighted by Gasteiger charge is -2.47. The Balaban J connectivity index is 1.48. The van der Waals surface area contributed by atoms with E-state index in [4.69, 9.17) is 9.47 Å². The number of nitrogens with zero attached hydrogens (tertiary/aromatic N) is 2. The lowest BCUT2D eigenvalue weighted by atomic mass is 9.86. The molecule has 7 heteroatoms. The molecule has 170 valence electrons. The average molecular weight is 446 g/mol. The molecule has 3 atom stereocenters. The molecule has 0 unspecified atom stereocenters. The molecular weight excluding hydrogens is 418 g/mol. The van der Waals surface area contributed by atoms with Gasteiger partial charge in [-0.05, 0) is 30.5 Å². The molecule has 4 heterocycles. The Kier molecular flexibility index (Phi) is 4.87. The van der Waals surface area contributed by atoms with Crippen molar-refractivity contribution in [2.45, 2.75) is 37.5 Å². The Bertz CT molecular complexity index is 1230. The second-order valence-corrected chi connectivity index (χ2v) is 9.08. The summed E-state index contributed by atoms with van der Waals surface area (Å²) in [4.78, 5) is 34.4. The number of ether oxygens (including phenoxy) is 2. The zero-order valence-corrected chi connectivity index (χ0v) is 18.6. The first-order valence-electron chi connectivity index (χ1n) is 11.6. The van der Waals surface area contributed by atoms with Gasteiger partial charge in [0.05, 0.1) is 19.8 Å². The van der Waals surface area contributed by atoms with Crippen molar-refractivity contribution in [3.8, 4) is 5.75 Å². The Labute approximate surface area is 192 Å². The molecule has 0 aliphatic carbocycles. The predicted molar refractivity (Wildman–Crippen MR) is 123 cm³/mol. The Morgan fingerprint density at radius 3 is 2.76 bits per heavy atom. The summed E-state index contributed by atoms with van der Waals surface area (Å²) >= 11 is 0. The van der Waals surface area contributed by atoms with Gasteiger partial charge >= 0.3 is 0 Å². The van der Waals surface area contributed by atoms with E-state index in [1.807, 2.05) is 42.5 Å². The van der Waals surface area contributed by atoms with Gasteiger partial charge in [0, 0.05) is 41.7 Å². The molecule has 3 aliphatic heterocycles. The summed E-state index contributed by atoms with van der Waals surface area (Å²) in [7, 11) is 1.64. The van der Waals surface area contributed by atoms with Crippen molar-refractivity contribution in [1.29, 1.82) is 0 Å². The number of hydrogen-bond donors (Lipinski definition) is 1.